The van der Waals surface area contributed by atoms with Crippen LogP contribution in [0.1, 0.15) is 48.2 Å². The van der Waals surface area contributed by atoms with Crippen LogP contribution in [0.25, 0.3) is 0 Å². The molecule has 128 valence electrons. The van der Waals surface area contributed by atoms with Gasteiger partial charge in [-0.1, -0.05) is 17.7 Å². The molecule has 0 aromatic heterocycles. The van der Waals surface area contributed by atoms with Crippen molar-refractivity contribution in [3.05, 3.63) is 46.1 Å². The average molecular weight is 331 g/mol. The number of nitrogens with one attached hydrogen (secondary N) is 1. The van der Waals surface area contributed by atoms with Crippen LogP contribution in [0.15, 0.2) is 29.4 Å². The molecule has 1 aromatic carbocycles. The van der Waals surface area contributed by atoms with E-state index in [1.165, 1.54) is 6.07 Å². The van der Waals surface area contributed by atoms with E-state index < -0.39 is 5.97 Å². The summed E-state index contributed by atoms with van der Waals surface area (Å²) in [6.07, 6.45) is 5.20. The van der Waals surface area contributed by atoms with Gasteiger partial charge in [-0.3, -0.25) is 4.79 Å². The summed E-state index contributed by atoms with van der Waals surface area (Å²) >= 11 is 0. The highest BCUT2D eigenvalue weighted by molar-refractivity contribution is 5.99. The van der Waals surface area contributed by atoms with E-state index in [1.54, 1.807) is 13.0 Å². The molecule has 4 N–H and O–H groups in total. The van der Waals surface area contributed by atoms with E-state index in [9.17, 15) is 19.8 Å². The Balaban J connectivity index is 2.08. The molecule has 1 heterocycles. The molecule has 0 radical (unpaired) electrons. The lowest BCUT2D eigenvalue weighted by atomic mass is 9.99. The fourth-order valence-electron chi connectivity index (χ4n) is 2.57. The lowest BCUT2D eigenvalue weighted by Gasteiger charge is -2.09. The maximum atomic E-state index is 11.6. The average Bonchev–Trinajstić information content (AvgIpc) is 2.88. The van der Waals surface area contributed by atoms with Gasteiger partial charge in [0.1, 0.15) is 11.5 Å². The molecule has 0 atom stereocenters. The van der Waals surface area contributed by atoms with E-state index in [-0.39, 0.29) is 24.0 Å². The molecule has 0 spiro atoms. The summed E-state index contributed by atoms with van der Waals surface area (Å²) in [5.74, 6) is -1.37. The molecule has 0 fully saturated rings. The van der Waals surface area contributed by atoms with Crippen molar-refractivity contribution in [2.24, 2.45) is 0 Å². The third-order valence-electron chi connectivity index (χ3n) is 4.14. The quantitative estimate of drug-likeness (QED) is 0.473. The second-order valence-electron chi connectivity index (χ2n) is 5.92. The van der Waals surface area contributed by atoms with Gasteiger partial charge in [0, 0.05) is 23.2 Å². The van der Waals surface area contributed by atoms with Crippen molar-refractivity contribution in [1.29, 1.82) is 0 Å². The number of aliphatic carboxylic acids is 1. The number of hydrogen-bond donors (Lipinski definition) is 4. The van der Waals surface area contributed by atoms with Gasteiger partial charge in [0.05, 0.1) is 5.56 Å². The minimum absolute atomic E-state index is 0.0472. The number of fused-ring (bicyclic) bond motifs is 1. The summed E-state index contributed by atoms with van der Waals surface area (Å²) in [7, 11) is 0. The van der Waals surface area contributed by atoms with Crippen molar-refractivity contribution in [1.82, 2.24) is 5.32 Å². The molecule has 1 aliphatic rings. The van der Waals surface area contributed by atoms with Crippen molar-refractivity contribution in [3.8, 4) is 11.5 Å². The van der Waals surface area contributed by atoms with Crippen LogP contribution in [0.5, 0.6) is 11.5 Å². The van der Waals surface area contributed by atoms with E-state index in [0.717, 1.165) is 5.57 Å². The number of carbonyl (C=O) groups excluding carboxylic acids is 1. The number of amides is 1. The molecule has 0 saturated carbocycles. The standard InChI is InChI=1S/C18H21NO5/c1-10(4-3-5-11(2)18(23)24)6-7-12-15(20)8-13-14(16(12)21)9-19-17(13)22/h5-6,8,20-21H,3-4,7,9H2,1-2H3,(H,19,22)(H,23,24)/b10-6+,11-5+. The summed E-state index contributed by atoms with van der Waals surface area (Å²) in [4.78, 5) is 22.3. The van der Waals surface area contributed by atoms with Crippen LogP contribution in [0.4, 0.5) is 0 Å². The molecule has 0 unspecified atom stereocenters. The SMILES string of the molecule is C/C(=C\Cc1c(O)cc2c(c1O)CNC2=O)CC/C=C(\C)C(=O)O. The first kappa shape index (κ1) is 17.6. The van der Waals surface area contributed by atoms with Gasteiger partial charge < -0.3 is 20.6 Å². The first-order valence-electron chi connectivity index (χ1n) is 7.71. The molecule has 24 heavy (non-hydrogen) atoms. The molecule has 0 aliphatic carbocycles. The number of carboxylic acid groups (broad SMARTS) is 1. The number of phenolic OH excluding ortho intramolecular Hbond substituents is 2. The number of aromatic hydroxyl groups is 2. The van der Waals surface area contributed by atoms with E-state index in [0.29, 0.717) is 41.5 Å². The maximum Gasteiger partial charge on any atom is 0.330 e. The number of carboxylic acids is 1. The summed E-state index contributed by atoms with van der Waals surface area (Å²) in [6, 6.07) is 1.38. The van der Waals surface area contributed by atoms with Crippen LogP contribution >= 0.6 is 0 Å². The van der Waals surface area contributed by atoms with Gasteiger partial charge in [0.25, 0.3) is 5.91 Å². The van der Waals surface area contributed by atoms with Crippen molar-refractivity contribution >= 4 is 11.9 Å². The Kier molecular flexibility index (Phi) is 5.28. The monoisotopic (exact) mass is 331 g/mol. The Morgan fingerprint density at radius 3 is 2.67 bits per heavy atom. The van der Waals surface area contributed by atoms with Gasteiger partial charge in [0.15, 0.2) is 0 Å². The number of rotatable bonds is 6. The molecule has 2 rings (SSSR count). The van der Waals surface area contributed by atoms with Crippen molar-refractivity contribution < 1.29 is 24.9 Å². The number of allylic oxidation sites excluding steroid dienone is 3. The van der Waals surface area contributed by atoms with Crippen LogP contribution in [0.2, 0.25) is 0 Å². The second kappa shape index (κ2) is 7.21. The van der Waals surface area contributed by atoms with Gasteiger partial charge in [-0.25, -0.2) is 4.79 Å². The summed E-state index contributed by atoms with van der Waals surface area (Å²) in [6.45, 7) is 3.73. The van der Waals surface area contributed by atoms with Gasteiger partial charge in [-0.05, 0) is 39.2 Å². The van der Waals surface area contributed by atoms with E-state index in [1.807, 2.05) is 13.0 Å². The zero-order chi connectivity index (χ0) is 17.9. The third-order valence-corrected chi connectivity index (χ3v) is 4.14. The predicted molar refractivity (Wildman–Crippen MR) is 89.0 cm³/mol. The summed E-state index contributed by atoms with van der Waals surface area (Å²) in [5.41, 5.74) is 2.55. The van der Waals surface area contributed by atoms with Gasteiger partial charge in [-0.15, -0.1) is 0 Å². The molecule has 6 heteroatoms. The first-order valence-corrected chi connectivity index (χ1v) is 7.71. The smallest absolute Gasteiger partial charge is 0.330 e. The minimum Gasteiger partial charge on any atom is -0.507 e. The topological polar surface area (TPSA) is 107 Å². The molecule has 0 saturated heterocycles. The first-order chi connectivity index (χ1) is 11.3. The highest BCUT2D eigenvalue weighted by Crippen LogP contribution is 2.36. The molecular formula is C18H21NO5. The molecule has 6 nitrogen and oxygen atoms in total. The maximum absolute atomic E-state index is 11.6. The zero-order valence-electron chi connectivity index (χ0n) is 13.7. The minimum atomic E-state index is -0.923. The van der Waals surface area contributed by atoms with Crippen molar-refractivity contribution in [2.75, 3.05) is 0 Å². The van der Waals surface area contributed by atoms with Crippen molar-refractivity contribution in [3.63, 3.8) is 0 Å². The van der Waals surface area contributed by atoms with Gasteiger partial charge in [-0.2, -0.15) is 0 Å². The second-order valence-corrected chi connectivity index (χ2v) is 5.92. The zero-order valence-corrected chi connectivity index (χ0v) is 13.7. The van der Waals surface area contributed by atoms with E-state index >= 15 is 0 Å². The van der Waals surface area contributed by atoms with Crippen LogP contribution in [-0.4, -0.2) is 27.2 Å². The molecule has 1 amide bonds. The van der Waals surface area contributed by atoms with Crippen molar-refractivity contribution in [2.45, 2.75) is 39.7 Å². The summed E-state index contributed by atoms with van der Waals surface area (Å²) < 4.78 is 0. The fraction of sp³-hybridized carbons (Fsp3) is 0.333. The van der Waals surface area contributed by atoms with Gasteiger partial charge in [0.2, 0.25) is 0 Å². The molecular weight excluding hydrogens is 310 g/mol. The molecule has 0 bridgehead atoms. The molecule has 1 aromatic rings. The molecule has 1 aliphatic heterocycles. The number of hydrogen-bond acceptors (Lipinski definition) is 4. The van der Waals surface area contributed by atoms with Gasteiger partial charge >= 0.3 is 5.97 Å². The number of benzene rings is 1. The van der Waals surface area contributed by atoms with Crippen LogP contribution < -0.4 is 5.32 Å². The lowest BCUT2D eigenvalue weighted by Crippen LogP contribution is -2.12. The van der Waals surface area contributed by atoms with Crippen LogP contribution in [-0.2, 0) is 17.8 Å². The summed E-state index contributed by atoms with van der Waals surface area (Å²) in [5, 5.41) is 31.7. The Labute approximate surface area is 140 Å². The Morgan fingerprint density at radius 2 is 2.00 bits per heavy atom. The fourth-order valence-corrected chi connectivity index (χ4v) is 2.57. The van der Waals surface area contributed by atoms with Crippen LogP contribution in [0, 0.1) is 0 Å². The lowest BCUT2D eigenvalue weighted by molar-refractivity contribution is -0.132. The van der Waals surface area contributed by atoms with E-state index in [4.69, 9.17) is 5.11 Å². The Morgan fingerprint density at radius 1 is 1.29 bits per heavy atom. The Hall–Kier alpha value is -2.76. The Bertz CT molecular complexity index is 746. The van der Waals surface area contributed by atoms with E-state index in [2.05, 4.69) is 5.32 Å². The third kappa shape index (κ3) is 3.76. The largest absolute Gasteiger partial charge is 0.507 e. The number of carbonyl (C=O) groups is 2. The van der Waals surface area contributed by atoms with Crippen LogP contribution in [0.3, 0.4) is 0 Å². The number of phenols is 2. The highest BCUT2D eigenvalue weighted by Gasteiger charge is 2.25. The predicted octanol–water partition coefficient (Wildman–Crippen LogP) is 2.64. The highest BCUT2D eigenvalue weighted by atomic mass is 16.4. The normalized spacial score (nSPS) is 14.5.